The first-order valence-corrected chi connectivity index (χ1v) is 6.73. The van der Waals surface area contributed by atoms with Gasteiger partial charge in [-0.2, -0.15) is 0 Å². The summed E-state index contributed by atoms with van der Waals surface area (Å²) in [5, 5.41) is 0. The number of nitrogens with two attached hydrogens (primary N) is 1. The number of anilines is 2. The van der Waals surface area contributed by atoms with Crippen molar-refractivity contribution in [3.63, 3.8) is 0 Å². The van der Waals surface area contributed by atoms with Crippen LogP contribution in [0.25, 0.3) is 0 Å². The maximum Gasteiger partial charge on any atom is 0.264 e. The molecule has 0 spiro atoms. The van der Waals surface area contributed by atoms with Gasteiger partial charge in [-0.25, -0.2) is 8.78 Å². The van der Waals surface area contributed by atoms with Gasteiger partial charge in [0.1, 0.15) is 17.2 Å². The first-order chi connectivity index (χ1) is 10.1. The number of carbonyl (C=O) groups is 1. The summed E-state index contributed by atoms with van der Waals surface area (Å²) in [6, 6.07) is 8.65. The molecule has 108 valence electrons. The van der Waals surface area contributed by atoms with E-state index in [2.05, 4.69) is 0 Å². The average molecular weight is 288 g/mol. The number of rotatable bonds is 1. The SMILES string of the molecule is Nc1cccc2c1CCCN2C(=O)c1c(F)cccc1F. The van der Waals surface area contributed by atoms with Crippen LogP contribution < -0.4 is 10.6 Å². The van der Waals surface area contributed by atoms with Crippen LogP contribution in [-0.2, 0) is 6.42 Å². The number of nitrogen functional groups attached to an aromatic ring is 1. The fraction of sp³-hybridized carbons (Fsp3) is 0.188. The van der Waals surface area contributed by atoms with E-state index in [0.29, 0.717) is 24.3 Å². The maximum absolute atomic E-state index is 13.8. The molecular weight excluding hydrogens is 274 g/mol. The average Bonchev–Trinajstić information content (AvgIpc) is 2.47. The molecule has 1 amide bonds. The lowest BCUT2D eigenvalue weighted by Gasteiger charge is -2.30. The van der Waals surface area contributed by atoms with E-state index < -0.39 is 23.1 Å². The summed E-state index contributed by atoms with van der Waals surface area (Å²) < 4.78 is 27.6. The largest absolute Gasteiger partial charge is 0.398 e. The van der Waals surface area contributed by atoms with Gasteiger partial charge in [0.25, 0.3) is 5.91 Å². The van der Waals surface area contributed by atoms with E-state index in [9.17, 15) is 13.6 Å². The Morgan fingerprint density at radius 3 is 2.48 bits per heavy atom. The van der Waals surface area contributed by atoms with Gasteiger partial charge in [0, 0.05) is 17.9 Å². The van der Waals surface area contributed by atoms with E-state index in [1.54, 1.807) is 18.2 Å². The summed E-state index contributed by atoms with van der Waals surface area (Å²) in [7, 11) is 0. The molecule has 3 rings (SSSR count). The molecule has 5 heteroatoms. The Hall–Kier alpha value is -2.43. The Kier molecular flexibility index (Phi) is 3.33. The van der Waals surface area contributed by atoms with Crippen LogP contribution in [0.3, 0.4) is 0 Å². The Balaban J connectivity index is 2.07. The zero-order chi connectivity index (χ0) is 15.0. The summed E-state index contributed by atoms with van der Waals surface area (Å²) in [5.41, 5.74) is 7.48. The Bertz CT molecular complexity index is 695. The summed E-state index contributed by atoms with van der Waals surface area (Å²) >= 11 is 0. The molecule has 0 atom stereocenters. The van der Waals surface area contributed by atoms with Crippen LogP contribution in [0.1, 0.15) is 22.3 Å². The minimum Gasteiger partial charge on any atom is -0.398 e. The van der Waals surface area contributed by atoms with E-state index in [0.717, 1.165) is 24.1 Å². The lowest BCUT2D eigenvalue weighted by atomic mass is 9.99. The van der Waals surface area contributed by atoms with Crippen LogP contribution in [0.5, 0.6) is 0 Å². The third kappa shape index (κ3) is 2.24. The molecule has 0 aliphatic carbocycles. The molecule has 3 nitrogen and oxygen atoms in total. The van der Waals surface area contributed by atoms with Gasteiger partial charge in [-0.15, -0.1) is 0 Å². The predicted octanol–water partition coefficient (Wildman–Crippen LogP) is 3.14. The quantitative estimate of drug-likeness (QED) is 0.819. The molecule has 0 radical (unpaired) electrons. The van der Waals surface area contributed by atoms with Crippen LogP contribution in [-0.4, -0.2) is 12.5 Å². The summed E-state index contributed by atoms with van der Waals surface area (Å²) in [4.78, 5) is 13.9. The van der Waals surface area contributed by atoms with Crippen molar-refractivity contribution < 1.29 is 13.6 Å². The highest BCUT2D eigenvalue weighted by Gasteiger charge is 2.28. The smallest absolute Gasteiger partial charge is 0.264 e. The van der Waals surface area contributed by atoms with Gasteiger partial charge < -0.3 is 10.6 Å². The minimum atomic E-state index is -0.851. The summed E-state index contributed by atoms with van der Waals surface area (Å²) in [6.07, 6.45) is 1.47. The first-order valence-electron chi connectivity index (χ1n) is 6.73. The number of halogens is 2. The standard InChI is InChI=1S/C16H14F2N2O/c17-11-5-1-6-12(18)15(11)16(21)20-9-3-4-10-13(19)7-2-8-14(10)20/h1-2,5-8H,3-4,9,19H2. The topological polar surface area (TPSA) is 46.3 Å². The van der Waals surface area contributed by atoms with Crippen LogP contribution >= 0.6 is 0 Å². The molecule has 0 saturated carbocycles. The van der Waals surface area contributed by atoms with Gasteiger partial charge in [0.05, 0.1) is 0 Å². The number of hydrogen-bond acceptors (Lipinski definition) is 2. The minimum absolute atomic E-state index is 0.420. The molecule has 0 unspecified atom stereocenters. The fourth-order valence-electron chi connectivity index (χ4n) is 2.70. The molecule has 0 bridgehead atoms. The summed E-state index contributed by atoms with van der Waals surface area (Å²) in [5.74, 6) is -2.37. The number of amides is 1. The monoisotopic (exact) mass is 288 g/mol. The van der Waals surface area contributed by atoms with Crippen molar-refractivity contribution in [3.8, 4) is 0 Å². The highest BCUT2D eigenvalue weighted by molar-refractivity contribution is 6.07. The van der Waals surface area contributed by atoms with Crippen LogP contribution in [0, 0.1) is 11.6 Å². The molecule has 2 N–H and O–H groups in total. The normalized spacial score (nSPS) is 13.9. The lowest BCUT2D eigenvalue weighted by Crippen LogP contribution is -2.36. The Morgan fingerprint density at radius 2 is 1.76 bits per heavy atom. The van der Waals surface area contributed by atoms with Gasteiger partial charge in [0.2, 0.25) is 0 Å². The van der Waals surface area contributed by atoms with Gasteiger partial charge in [-0.05, 0) is 42.7 Å². The number of carbonyl (C=O) groups excluding carboxylic acids is 1. The van der Waals surface area contributed by atoms with Crippen molar-refractivity contribution in [3.05, 3.63) is 59.2 Å². The predicted molar refractivity (Wildman–Crippen MR) is 77.2 cm³/mol. The van der Waals surface area contributed by atoms with Crippen molar-refractivity contribution in [1.29, 1.82) is 0 Å². The number of benzene rings is 2. The third-order valence-electron chi connectivity index (χ3n) is 3.71. The molecule has 1 aliphatic rings. The molecule has 0 fully saturated rings. The molecule has 21 heavy (non-hydrogen) atoms. The van der Waals surface area contributed by atoms with Gasteiger partial charge in [0.15, 0.2) is 0 Å². The van der Waals surface area contributed by atoms with Gasteiger partial charge in [-0.1, -0.05) is 12.1 Å². The first kappa shape index (κ1) is 13.5. The highest BCUT2D eigenvalue weighted by Crippen LogP contribution is 2.32. The van der Waals surface area contributed by atoms with E-state index in [-0.39, 0.29) is 0 Å². The zero-order valence-corrected chi connectivity index (χ0v) is 11.3. The van der Waals surface area contributed by atoms with Crippen molar-refractivity contribution in [2.75, 3.05) is 17.2 Å². The molecule has 0 aromatic heterocycles. The van der Waals surface area contributed by atoms with Crippen molar-refractivity contribution >= 4 is 17.3 Å². The number of nitrogens with zero attached hydrogens (tertiary/aromatic N) is 1. The van der Waals surface area contributed by atoms with Crippen molar-refractivity contribution in [1.82, 2.24) is 0 Å². The van der Waals surface area contributed by atoms with Gasteiger partial charge in [-0.3, -0.25) is 4.79 Å². The van der Waals surface area contributed by atoms with E-state index in [1.165, 1.54) is 11.0 Å². The molecule has 0 saturated heterocycles. The van der Waals surface area contributed by atoms with Gasteiger partial charge >= 0.3 is 0 Å². The molecular formula is C16H14F2N2O. The van der Waals surface area contributed by atoms with E-state index in [4.69, 9.17) is 5.73 Å². The van der Waals surface area contributed by atoms with Crippen LogP contribution in [0.2, 0.25) is 0 Å². The molecule has 1 aliphatic heterocycles. The maximum atomic E-state index is 13.8. The second kappa shape index (κ2) is 5.16. The third-order valence-corrected chi connectivity index (χ3v) is 3.71. The second-order valence-corrected chi connectivity index (χ2v) is 5.00. The van der Waals surface area contributed by atoms with Crippen LogP contribution in [0.4, 0.5) is 20.2 Å². The zero-order valence-electron chi connectivity index (χ0n) is 11.3. The number of hydrogen-bond donors (Lipinski definition) is 1. The summed E-state index contributed by atoms with van der Waals surface area (Å²) in [6.45, 7) is 0.420. The number of fused-ring (bicyclic) bond motifs is 1. The lowest BCUT2D eigenvalue weighted by molar-refractivity contribution is 0.0977. The second-order valence-electron chi connectivity index (χ2n) is 5.00. The highest BCUT2D eigenvalue weighted by atomic mass is 19.1. The van der Waals surface area contributed by atoms with Crippen molar-refractivity contribution in [2.24, 2.45) is 0 Å². The molecule has 1 heterocycles. The Morgan fingerprint density at radius 1 is 1.10 bits per heavy atom. The van der Waals surface area contributed by atoms with Crippen molar-refractivity contribution in [2.45, 2.75) is 12.8 Å². The fourth-order valence-corrected chi connectivity index (χ4v) is 2.70. The van der Waals surface area contributed by atoms with E-state index >= 15 is 0 Å². The van der Waals surface area contributed by atoms with E-state index in [1.807, 2.05) is 0 Å². The molecule has 2 aromatic rings. The Labute approximate surface area is 121 Å². The van der Waals surface area contributed by atoms with Crippen LogP contribution in [0.15, 0.2) is 36.4 Å². The molecule has 2 aromatic carbocycles.